The van der Waals surface area contributed by atoms with E-state index in [1.54, 1.807) is 20.3 Å². The van der Waals surface area contributed by atoms with E-state index in [0.29, 0.717) is 29.7 Å². The maximum atomic E-state index is 5.59. The lowest BCUT2D eigenvalue weighted by molar-refractivity contribution is 0.354. The van der Waals surface area contributed by atoms with E-state index in [0.717, 1.165) is 5.56 Å². The first-order valence-corrected chi connectivity index (χ1v) is 6.22. The molecule has 2 rings (SSSR count). The van der Waals surface area contributed by atoms with Gasteiger partial charge in [0.2, 0.25) is 5.95 Å². The van der Waals surface area contributed by atoms with E-state index in [2.05, 4.69) is 20.7 Å². The molecule has 112 valence electrons. The highest BCUT2D eigenvalue weighted by molar-refractivity contribution is 5.51. The number of hydrogen-bond acceptors (Lipinski definition) is 8. The van der Waals surface area contributed by atoms with Crippen molar-refractivity contribution in [3.8, 4) is 11.5 Å². The van der Waals surface area contributed by atoms with E-state index in [9.17, 15) is 0 Å². The van der Waals surface area contributed by atoms with Crippen molar-refractivity contribution in [2.24, 2.45) is 5.84 Å². The van der Waals surface area contributed by atoms with Gasteiger partial charge in [-0.05, 0) is 17.7 Å². The molecular formula is C13H18N6O2. The fourth-order valence-electron chi connectivity index (χ4n) is 1.81. The van der Waals surface area contributed by atoms with E-state index in [1.807, 2.05) is 18.2 Å². The van der Waals surface area contributed by atoms with Crippen LogP contribution in [0.2, 0.25) is 0 Å². The van der Waals surface area contributed by atoms with Gasteiger partial charge in [0.15, 0.2) is 11.5 Å². The third-order valence-electron chi connectivity index (χ3n) is 2.81. The molecule has 0 amide bonds. The molecule has 1 aromatic carbocycles. The summed E-state index contributed by atoms with van der Waals surface area (Å²) in [6, 6.07) is 7.33. The van der Waals surface area contributed by atoms with Gasteiger partial charge in [-0.25, -0.2) is 5.84 Å². The molecule has 0 spiro atoms. The second kappa shape index (κ2) is 6.62. The highest BCUT2D eigenvalue weighted by atomic mass is 16.5. The summed E-state index contributed by atoms with van der Waals surface area (Å²) in [4.78, 5) is 7.99. The van der Waals surface area contributed by atoms with E-state index >= 15 is 0 Å². The van der Waals surface area contributed by atoms with Gasteiger partial charge in [-0.15, -0.1) is 0 Å². The predicted octanol–water partition coefficient (Wildman–Crippen LogP) is 0.974. The Balaban J connectivity index is 2.11. The summed E-state index contributed by atoms with van der Waals surface area (Å²) < 4.78 is 10.5. The van der Waals surface area contributed by atoms with E-state index in [-0.39, 0.29) is 5.95 Å². The molecule has 2 aromatic rings. The van der Waals surface area contributed by atoms with Crippen molar-refractivity contribution in [1.82, 2.24) is 9.97 Å². The Bertz CT molecular complexity index is 620. The number of methoxy groups -OCH3 is 2. The smallest absolute Gasteiger partial charge is 0.223 e. The Morgan fingerprint density at radius 2 is 1.76 bits per heavy atom. The quantitative estimate of drug-likeness (QED) is 0.459. The van der Waals surface area contributed by atoms with Gasteiger partial charge >= 0.3 is 0 Å². The van der Waals surface area contributed by atoms with Crippen LogP contribution >= 0.6 is 0 Å². The zero-order valence-electron chi connectivity index (χ0n) is 11.9. The molecule has 0 bridgehead atoms. The molecule has 0 aliphatic carbocycles. The largest absolute Gasteiger partial charge is 0.493 e. The number of nitrogen functional groups attached to an aromatic ring is 2. The zero-order valence-corrected chi connectivity index (χ0v) is 11.9. The maximum Gasteiger partial charge on any atom is 0.223 e. The van der Waals surface area contributed by atoms with Gasteiger partial charge in [0.25, 0.3) is 0 Å². The van der Waals surface area contributed by atoms with Crippen LogP contribution in [0.25, 0.3) is 0 Å². The van der Waals surface area contributed by atoms with Crippen molar-refractivity contribution in [1.29, 1.82) is 0 Å². The number of benzene rings is 1. The fraction of sp³-hybridized carbons (Fsp3) is 0.231. The summed E-state index contributed by atoms with van der Waals surface area (Å²) >= 11 is 0. The van der Waals surface area contributed by atoms with Crippen LogP contribution < -0.4 is 31.8 Å². The van der Waals surface area contributed by atoms with E-state index < -0.39 is 0 Å². The minimum Gasteiger partial charge on any atom is -0.493 e. The summed E-state index contributed by atoms with van der Waals surface area (Å²) in [5.74, 6) is 7.82. The Morgan fingerprint density at radius 3 is 2.43 bits per heavy atom. The highest BCUT2D eigenvalue weighted by Crippen LogP contribution is 2.27. The highest BCUT2D eigenvalue weighted by Gasteiger charge is 2.05. The second-order valence-electron chi connectivity index (χ2n) is 4.18. The molecular weight excluding hydrogens is 272 g/mol. The van der Waals surface area contributed by atoms with Gasteiger partial charge < -0.3 is 25.9 Å². The number of rotatable bonds is 6. The van der Waals surface area contributed by atoms with Crippen molar-refractivity contribution in [2.45, 2.75) is 6.54 Å². The molecule has 8 heteroatoms. The summed E-state index contributed by atoms with van der Waals surface area (Å²) in [6.07, 6.45) is 0. The minimum atomic E-state index is 0.139. The predicted molar refractivity (Wildman–Crippen MR) is 81.1 cm³/mol. The van der Waals surface area contributed by atoms with Gasteiger partial charge in [0, 0.05) is 12.6 Å². The Hall–Kier alpha value is -2.74. The molecule has 1 heterocycles. The van der Waals surface area contributed by atoms with Crippen LogP contribution in [0.4, 0.5) is 17.6 Å². The topological polar surface area (TPSA) is 120 Å². The zero-order chi connectivity index (χ0) is 15.2. The minimum absolute atomic E-state index is 0.139. The normalized spacial score (nSPS) is 10.0. The van der Waals surface area contributed by atoms with Crippen LogP contribution in [0.15, 0.2) is 24.3 Å². The number of aromatic nitrogens is 2. The summed E-state index contributed by atoms with van der Waals surface area (Å²) in [7, 11) is 3.19. The first-order valence-electron chi connectivity index (χ1n) is 6.22. The second-order valence-corrected chi connectivity index (χ2v) is 4.18. The molecule has 0 fully saturated rings. The van der Waals surface area contributed by atoms with Crippen molar-refractivity contribution in [3.05, 3.63) is 29.8 Å². The maximum absolute atomic E-state index is 5.59. The average Bonchev–Trinajstić information content (AvgIpc) is 2.52. The van der Waals surface area contributed by atoms with Crippen molar-refractivity contribution < 1.29 is 9.47 Å². The number of anilines is 3. The van der Waals surface area contributed by atoms with Crippen molar-refractivity contribution in [2.75, 3.05) is 30.7 Å². The molecule has 0 aliphatic rings. The molecule has 0 aliphatic heterocycles. The number of nitrogens with one attached hydrogen (secondary N) is 2. The SMILES string of the molecule is COc1ccc(CNc2cc(NN)nc(N)n2)cc1OC. The lowest BCUT2D eigenvalue weighted by Crippen LogP contribution is -2.12. The third kappa shape index (κ3) is 3.63. The van der Waals surface area contributed by atoms with Crippen LogP contribution in [-0.2, 0) is 6.54 Å². The van der Waals surface area contributed by atoms with E-state index in [1.165, 1.54) is 0 Å². The van der Waals surface area contributed by atoms with Crippen LogP contribution in [0.3, 0.4) is 0 Å². The number of hydrogen-bond donors (Lipinski definition) is 4. The standard InChI is InChI=1S/C13H18N6O2/c1-20-9-4-3-8(5-10(9)21-2)7-16-11-6-12(19-15)18-13(14)17-11/h3-6H,7,15H2,1-2H3,(H4,14,16,17,18,19). The van der Waals surface area contributed by atoms with Crippen molar-refractivity contribution >= 4 is 17.6 Å². The molecule has 1 aromatic heterocycles. The first kappa shape index (κ1) is 14.7. The van der Waals surface area contributed by atoms with Crippen LogP contribution in [0.5, 0.6) is 11.5 Å². The van der Waals surface area contributed by atoms with E-state index in [4.69, 9.17) is 21.1 Å². The van der Waals surface area contributed by atoms with Gasteiger partial charge in [-0.2, -0.15) is 9.97 Å². The average molecular weight is 290 g/mol. The first-order chi connectivity index (χ1) is 10.2. The fourth-order valence-corrected chi connectivity index (χ4v) is 1.81. The van der Waals surface area contributed by atoms with Gasteiger partial charge in [-0.3, -0.25) is 0 Å². The molecule has 6 N–H and O–H groups in total. The van der Waals surface area contributed by atoms with Gasteiger partial charge in [0.05, 0.1) is 14.2 Å². The van der Waals surface area contributed by atoms with Crippen LogP contribution in [0.1, 0.15) is 5.56 Å². The van der Waals surface area contributed by atoms with Crippen LogP contribution in [0, 0.1) is 0 Å². The molecule has 0 radical (unpaired) electrons. The third-order valence-corrected chi connectivity index (χ3v) is 2.81. The number of nitrogens with zero attached hydrogens (tertiary/aromatic N) is 2. The molecule has 8 nitrogen and oxygen atoms in total. The van der Waals surface area contributed by atoms with Crippen molar-refractivity contribution in [3.63, 3.8) is 0 Å². The summed E-state index contributed by atoms with van der Waals surface area (Å²) in [5.41, 5.74) is 9.03. The number of hydrazine groups is 1. The molecule has 0 unspecified atom stereocenters. The molecule has 0 saturated heterocycles. The Labute approximate surface area is 122 Å². The van der Waals surface area contributed by atoms with Gasteiger partial charge in [-0.1, -0.05) is 6.07 Å². The number of nitrogens with two attached hydrogens (primary N) is 2. The van der Waals surface area contributed by atoms with Crippen LogP contribution in [-0.4, -0.2) is 24.2 Å². The molecule has 21 heavy (non-hydrogen) atoms. The lowest BCUT2D eigenvalue weighted by atomic mass is 10.2. The Kier molecular flexibility index (Phi) is 4.62. The lowest BCUT2D eigenvalue weighted by Gasteiger charge is -2.11. The number of ether oxygens (including phenoxy) is 2. The molecule has 0 atom stereocenters. The Morgan fingerprint density at radius 1 is 1.05 bits per heavy atom. The molecule has 0 saturated carbocycles. The van der Waals surface area contributed by atoms with Gasteiger partial charge in [0.1, 0.15) is 11.6 Å². The summed E-state index contributed by atoms with van der Waals surface area (Å²) in [5, 5.41) is 3.14. The monoisotopic (exact) mass is 290 g/mol. The summed E-state index contributed by atoms with van der Waals surface area (Å²) in [6.45, 7) is 0.542.